The summed E-state index contributed by atoms with van der Waals surface area (Å²) in [7, 11) is -3.28. The van der Waals surface area contributed by atoms with E-state index in [1.54, 1.807) is 6.92 Å². The van der Waals surface area contributed by atoms with Gasteiger partial charge in [-0.1, -0.05) is 57.5 Å². The number of esters is 1. The first-order valence-electron chi connectivity index (χ1n) is 13.1. The van der Waals surface area contributed by atoms with Gasteiger partial charge in [-0.3, -0.25) is 9.59 Å². The first kappa shape index (κ1) is 31.3. The summed E-state index contributed by atoms with van der Waals surface area (Å²) >= 11 is 0. The average Bonchev–Trinajstić information content (AvgIpc) is 2.83. The van der Waals surface area contributed by atoms with Gasteiger partial charge in [0.05, 0.1) is 18.4 Å². The Morgan fingerprint density at radius 3 is 1.94 bits per heavy atom. The maximum Gasteiger partial charge on any atom is 0.504 e. The highest BCUT2D eigenvalue weighted by atomic mass is 28.4. The molecular formula is C27H46O7Si. The molecule has 0 amide bonds. The molecule has 1 aromatic rings. The van der Waals surface area contributed by atoms with Gasteiger partial charge in [-0.25, -0.2) is 0 Å². The lowest BCUT2D eigenvalue weighted by Gasteiger charge is -2.37. The number of aliphatic carboxylic acids is 1. The Morgan fingerprint density at radius 2 is 1.46 bits per heavy atom. The van der Waals surface area contributed by atoms with E-state index in [-0.39, 0.29) is 17.4 Å². The molecule has 0 aliphatic heterocycles. The third kappa shape index (κ3) is 10.4. The number of hydrogen-bond donors (Lipinski definition) is 1. The standard InChI is InChI=1S/C27H46O7Si/c1-7-11-17-31-27(30)24(18-21(5)23-15-13-12-14-16-23)20-25(19-22(6)26(28)29)35(32-8-2,33-9-3)34-10-4/h12-16,21-22,24-25H,7-11,17-20H2,1-6H3,(H,28,29). The number of ether oxygens (including phenoxy) is 1. The molecule has 0 bridgehead atoms. The number of carboxylic acids is 1. The Morgan fingerprint density at radius 1 is 0.886 bits per heavy atom. The lowest BCUT2D eigenvalue weighted by molar-refractivity contribution is -0.149. The van der Waals surface area contributed by atoms with Crippen LogP contribution in [0.25, 0.3) is 0 Å². The van der Waals surface area contributed by atoms with Crippen LogP contribution in [0.2, 0.25) is 5.54 Å². The van der Waals surface area contributed by atoms with Crippen LogP contribution in [0.5, 0.6) is 0 Å². The van der Waals surface area contributed by atoms with E-state index in [2.05, 4.69) is 26.0 Å². The second kappa shape index (κ2) is 16.8. The van der Waals surface area contributed by atoms with E-state index in [1.165, 1.54) is 0 Å². The van der Waals surface area contributed by atoms with Gasteiger partial charge in [-0.15, -0.1) is 0 Å². The predicted octanol–water partition coefficient (Wildman–Crippen LogP) is 6.06. The van der Waals surface area contributed by atoms with Crippen molar-refractivity contribution in [2.75, 3.05) is 26.4 Å². The Balaban J connectivity index is 3.34. The Labute approximate surface area is 212 Å². The van der Waals surface area contributed by atoms with Crippen molar-refractivity contribution in [2.24, 2.45) is 11.8 Å². The molecule has 0 aliphatic carbocycles. The van der Waals surface area contributed by atoms with Crippen molar-refractivity contribution >= 4 is 20.7 Å². The molecule has 4 unspecified atom stereocenters. The van der Waals surface area contributed by atoms with Crippen LogP contribution >= 0.6 is 0 Å². The van der Waals surface area contributed by atoms with E-state index in [0.717, 1.165) is 18.4 Å². The lowest BCUT2D eigenvalue weighted by Crippen LogP contribution is -2.52. The van der Waals surface area contributed by atoms with Crippen molar-refractivity contribution in [3.05, 3.63) is 35.9 Å². The van der Waals surface area contributed by atoms with E-state index >= 15 is 0 Å². The summed E-state index contributed by atoms with van der Waals surface area (Å²) in [5.74, 6) is -2.07. The molecule has 4 atom stereocenters. The van der Waals surface area contributed by atoms with Crippen LogP contribution in [0.15, 0.2) is 30.3 Å². The number of carbonyl (C=O) groups is 2. The fourth-order valence-corrected chi connectivity index (χ4v) is 7.79. The largest absolute Gasteiger partial charge is 0.504 e. The minimum atomic E-state index is -3.28. The predicted molar refractivity (Wildman–Crippen MR) is 139 cm³/mol. The van der Waals surface area contributed by atoms with Crippen molar-refractivity contribution in [3.63, 3.8) is 0 Å². The maximum absolute atomic E-state index is 13.3. The summed E-state index contributed by atoms with van der Waals surface area (Å²) in [5.41, 5.74) is 0.803. The highest BCUT2D eigenvalue weighted by Gasteiger charge is 2.51. The van der Waals surface area contributed by atoms with Crippen LogP contribution in [-0.2, 0) is 27.6 Å². The molecule has 0 radical (unpaired) electrons. The van der Waals surface area contributed by atoms with E-state index in [1.807, 2.05) is 39.0 Å². The number of benzene rings is 1. The Hall–Kier alpha value is -1.74. The highest BCUT2D eigenvalue weighted by molar-refractivity contribution is 6.62. The Bertz CT molecular complexity index is 710. The second-order valence-corrected chi connectivity index (χ2v) is 12.0. The van der Waals surface area contributed by atoms with Gasteiger partial charge in [-0.05, 0) is 57.9 Å². The molecule has 1 aromatic carbocycles. The zero-order chi connectivity index (χ0) is 26.3. The van der Waals surface area contributed by atoms with Gasteiger partial charge in [0.15, 0.2) is 0 Å². The van der Waals surface area contributed by atoms with Crippen LogP contribution in [0.1, 0.15) is 85.1 Å². The molecule has 0 saturated carbocycles. The van der Waals surface area contributed by atoms with Crippen molar-refractivity contribution in [1.82, 2.24) is 0 Å². The number of unbranched alkanes of at least 4 members (excludes halogenated alkanes) is 1. The van der Waals surface area contributed by atoms with Gasteiger partial charge < -0.3 is 23.1 Å². The number of carboxylic acid groups (broad SMARTS) is 1. The van der Waals surface area contributed by atoms with Crippen LogP contribution in [0.4, 0.5) is 0 Å². The lowest BCUT2D eigenvalue weighted by atomic mass is 9.86. The smallest absolute Gasteiger partial charge is 0.481 e. The molecule has 35 heavy (non-hydrogen) atoms. The zero-order valence-corrected chi connectivity index (χ0v) is 23.5. The monoisotopic (exact) mass is 510 g/mol. The molecule has 1 N–H and O–H groups in total. The zero-order valence-electron chi connectivity index (χ0n) is 22.5. The van der Waals surface area contributed by atoms with Crippen LogP contribution in [0, 0.1) is 11.8 Å². The summed E-state index contributed by atoms with van der Waals surface area (Å²) in [5, 5.41) is 9.67. The molecule has 0 spiro atoms. The van der Waals surface area contributed by atoms with Gasteiger partial charge in [0.25, 0.3) is 0 Å². The van der Waals surface area contributed by atoms with E-state index < -0.39 is 26.6 Å². The molecule has 0 heterocycles. The minimum Gasteiger partial charge on any atom is -0.481 e. The fraction of sp³-hybridized carbons (Fsp3) is 0.704. The van der Waals surface area contributed by atoms with Crippen LogP contribution < -0.4 is 0 Å². The van der Waals surface area contributed by atoms with Crippen LogP contribution in [-0.4, -0.2) is 52.3 Å². The quantitative estimate of drug-likeness (QED) is 0.137. The fourth-order valence-electron chi connectivity index (χ4n) is 4.41. The molecule has 0 fully saturated rings. The van der Waals surface area contributed by atoms with E-state index in [0.29, 0.717) is 45.7 Å². The third-order valence-electron chi connectivity index (χ3n) is 6.25. The SMILES string of the molecule is CCCCOC(=O)C(CC(C)c1ccccc1)CC(CC(C)C(=O)O)[Si](OCC)(OCC)OCC. The van der Waals surface area contributed by atoms with E-state index in [9.17, 15) is 14.7 Å². The average molecular weight is 511 g/mol. The second-order valence-electron chi connectivity index (χ2n) is 9.08. The summed E-state index contributed by atoms with van der Waals surface area (Å²) in [6.07, 6.45) is 3.03. The van der Waals surface area contributed by atoms with Crippen molar-refractivity contribution in [3.8, 4) is 0 Å². The molecule has 0 aliphatic rings. The van der Waals surface area contributed by atoms with Gasteiger partial charge >= 0.3 is 20.7 Å². The highest BCUT2D eigenvalue weighted by Crippen LogP contribution is 2.40. The van der Waals surface area contributed by atoms with E-state index in [4.69, 9.17) is 18.0 Å². The molecule has 0 aromatic heterocycles. The number of carbonyl (C=O) groups excluding carboxylic acids is 1. The molecule has 200 valence electrons. The van der Waals surface area contributed by atoms with Crippen molar-refractivity contribution < 1.29 is 32.7 Å². The molecular weight excluding hydrogens is 464 g/mol. The Kier molecular flexibility index (Phi) is 15.1. The van der Waals surface area contributed by atoms with Gasteiger partial charge in [0, 0.05) is 25.4 Å². The molecule has 7 nitrogen and oxygen atoms in total. The summed E-state index contributed by atoms with van der Waals surface area (Å²) in [6.45, 7) is 13.0. The summed E-state index contributed by atoms with van der Waals surface area (Å²) in [6, 6.07) is 10.1. The first-order valence-corrected chi connectivity index (χ1v) is 14.9. The third-order valence-corrected chi connectivity index (χ3v) is 9.79. The minimum absolute atomic E-state index is 0.125. The summed E-state index contributed by atoms with van der Waals surface area (Å²) < 4.78 is 24.2. The van der Waals surface area contributed by atoms with Crippen molar-refractivity contribution in [2.45, 2.75) is 85.1 Å². The number of rotatable bonds is 19. The molecule has 8 heteroatoms. The maximum atomic E-state index is 13.3. The molecule has 0 saturated heterocycles. The molecule has 1 rings (SSSR count). The van der Waals surface area contributed by atoms with Crippen LogP contribution in [0.3, 0.4) is 0 Å². The summed E-state index contributed by atoms with van der Waals surface area (Å²) in [4.78, 5) is 25.1. The van der Waals surface area contributed by atoms with Gasteiger partial charge in [-0.2, -0.15) is 0 Å². The van der Waals surface area contributed by atoms with Crippen molar-refractivity contribution in [1.29, 1.82) is 0 Å². The topological polar surface area (TPSA) is 91.3 Å². The number of hydrogen-bond acceptors (Lipinski definition) is 6. The first-order chi connectivity index (χ1) is 16.7. The van der Waals surface area contributed by atoms with Gasteiger partial charge in [0.1, 0.15) is 0 Å². The normalized spacial score (nSPS) is 15.3. The van der Waals surface area contributed by atoms with Gasteiger partial charge in [0.2, 0.25) is 0 Å².